The Balaban J connectivity index is 1.48. The second kappa shape index (κ2) is 8.43. The molecule has 8 heteroatoms. The molecule has 1 saturated carbocycles. The normalized spacial score (nSPS) is 25.8. The van der Waals surface area contributed by atoms with Crippen molar-refractivity contribution >= 4 is 17.7 Å². The van der Waals surface area contributed by atoms with E-state index >= 15 is 0 Å². The monoisotopic (exact) mass is 424 g/mol. The standard InChI is InChI=1S/C23H32N6O2/c1-27(2)23(18-7-5-4-6-8-18)11-9-22(10-12-23)17-29(21(31)26-22)19-15-24-20(25-16-19)28(3)13-14-30/h4-8,15-16,30H,9-14,17H2,1-3H3,(H,26,31)/t22-,23-. The van der Waals surface area contributed by atoms with Gasteiger partial charge in [0.1, 0.15) is 0 Å². The lowest BCUT2D eigenvalue weighted by atomic mass is 9.69. The van der Waals surface area contributed by atoms with Gasteiger partial charge in [-0.05, 0) is 45.3 Å². The number of benzene rings is 1. The van der Waals surface area contributed by atoms with Gasteiger partial charge >= 0.3 is 6.03 Å². The van der Waals surface area contributed by atoms with Gasteiger partial charge in [-0.15, -0.1) is 0 Å². The van der Waals surface area contributed by atoms with Crippen molar-refractivity contribution in [3.63, 3.8) is 0 Å². The van der Waals surface area contributed by atoms with Gasteiger partial charge in [0.2, 0.25) is 5.95 Å². The molecule has 1 saturated heterocycles. The van der Waals surface area contributed by atoms with Gasteiger partial charge in [-0.1, -0.05) is 30.3 Å². The van der Waals surface area contributed by atoms with E-state index in [-0.39, 0.29) is 23.7 Å². The number of nitrogens with zero attached hydrogens (tertiary/aromatic N) is 5. The fourth-order valence-corrected chi connectivity index (χ4v) is 4.99. The molecule has 1 aliphatic heterocycles. The van der Waals surface area contributed by atoms with Gasteiger partial charge in [-0.2, -0.15) is 0 Å². The molecule has 2 heterocycles. The molecule has 0 atom stereocenters. The zero-order chi connectivity index (χ0) is 22.1. The number of nitrogens with one attached hydrogen (secondary N) is 1. The van der Waals surface area contributed by atoms with Crippen molar-refractivity contribution in [3.05, 3.63) is 48.3 Å². The minimum Gasteiger partial charge on any atom is -0.395 e. The topological polar surface area (TPSA) is 84.8 Å². The summed E-state index contributed by atoms with van der Waals surface area (Å²) >= 11 is 0. The Morgan fingerprint density at radius 3 is 2.29 bits per heavy atom. The summed E-state index contributed by atoms with van der Waals surface area (Å²) in [5.74, 6) is 0.531. The van der Waals surface area contributed by atoms with Crippen LogP contribution in [0.25, 0.3) is 0 Å². The first kappa shape index (κ1) is 21.5. The highest BCUT2D eigenvalue weighted by Gasteiger charge is 2.50. The Hall–Kier alpha value is -2.71. The van der Waals surface area contributed by atoms with Crippen molar-refractivity contribution in [2.75, 3.05) is 50.6 Å². The molecule has 2 N–H and O–H groups in total. The number of hydrogen-bond donors (Lipinski definition) is 2. The number of rotatable bonds is 6. The van der Waals surface area contributed by atoms with Crippen molar-refractivity contribution in [1.82, 2.24) is 20.2 Å². The number of aromatic nitrogens is 2. The molecule has 2 amide bonds. The van der Waals surface area contributed by atoms with Gasteiger partial charge in [0, 0.05) is 19.1 Å². The first-order valence-electron chi connectivity index (χ1n) is 10.9. The summed E-state index contributed by atoms with van der Waals surface area (Å²) < 4.78 is 0. The Labute approximate surface area is 183 Å². The lowest BCUT2D eigenvalue weighted by molar-refractivity contribution is 0.0658. The van der Waals surface area contributed by atoms with Crippen LogP contribution >= 0.6 is 0 Å². The molecule has 4 rings (SSSR count). The lowest BCUT2D eigenvalue weighted by Crippen LogP contribution is -2.54. The summed E-state index contributed by atoms with van der Waals surface area (Å²) in [4.78, 5) is 27.4. The molecule has 1 aromatic carbocycles. The molecule has 1 aromatic heterocycles. The first-order chi connectivity index (χ1) is 14.9. The second-order valence-electron chi connectivity index (χ2n) is 8.98. The van der Waals surface area contributed by atoms with E-state index in [1.165, 1.54) is 5.56 Å². The number of likely N-dealkylation sites (N-methyl/N-ethyl adjacent to an activating group) is 1. The van der Waals surface area contributed by atoms with Crippen LogP contribution in [-0.4, -0.2) is 72.4 Å². The fourth-order valence-electron chi connectivity index (χ4n) is 4.99. The molecule has 31 heavy (non-hydrogen) atoms. The number of hydrogen-bond acceptors (Lipinski definition) is 6. The number of anilines is 2. The van der Waals surface area contributed by atoms with Gasteiger partial charge in [-0.3, -0.25) is 9.80 Å². The van der Waals surface area contributed by atoms with Crippen LogP contribution in [0, 0.1) is 0 Å². The maximum absolute atomic E-state index is 12.8. The molecule has 1 aliphatic carbocycles. The first-order valence-corrected chi connectivity index (χ1v) is 10.9. The van der Waals surface area contributed by atoms with Crippen LogP contribution in [0.5, 0.6) is 0 Å². The third-order valence-electron chi connectivity index (χ3n) is 6.99. The largest absolute Gasteiger partial charge is 0.395 e. The Morgan fingerprint density at radius 2 is 1.71 bits per heavy atom. The van der Waals surface area contributed by atoms with Crippen LogP contribution in [0.3, 0.4) is 0 Å². The predicted octanol–water partition coefficient (Wildman–Crippen LogP) is 2.20. The smallest absolute Gasteiger partial charge is 0.322 e. The summed E-state index contributed by atoms with van der Waals surface area (Å²) in [6, 6.07) is 10.6. The molecule has 2 aliphatic rings. The lowest BCUT2D eigenvalue weighted by Gasteiger charge is -2.48. The van der Waals surface area contributed by atoms with E-state index < -0.39 is 0 Å². The Bertz CT molecular complexity index is 894. The molecule has 2 aromatic rings. The zero-order valence-corrected chi connectivity index (χ0v) is 18.6. The molecule has 166 valence electrons. The van der Waals surface area contributed by atoms with Gasteiger partial charge < -0.3 is 15.3 Å². The fraction of sp³-hybridized carbons (Fsp3) is 0.522. The van der Waals surface area contributed by atoms with Crippen molar-refractivity contribution in [3.8, 4) is 0 Å². The maximum Gasteiger partial charge on any atom is 0.322 e. The third-order valence-corrected chi connectivity index (χ3v) is 6.99. The van der Waals surface area contributed by atoms with E-state index in [1.807, 2.05) is 7.05 Å². The SMILES string of the molecule is CN(CCO)c1ncc(N2C[C@]3(CC[C@@](c4ccccc4)(N(C)C)CC3)NC2=O)cn1. The number of carbonyl (C=O) groups excluding carboxylic acids is 1. The average molecular weight is 425 g/mol. The van der Waals surface area contributed by atoms with E-state index in [2.05, 4.69) is 64.6 Å². The Kier molecular flexibility index (Phi) is 5.85. The highest BCUT2D eigenvalue weighted by atomic mass is 16.3. The summed E-state index contributed by atoms with van der Waals surface area (Å²) in [5, 5.41) is 12.4. The predicted molar refractivity (Wildman–Crippen MR) is 121 cm³/mol. The van der Waals surface area contributed by atoms with E-state index in [4.69, 9.17) is 5.11 Å². The summed E-state index contributed by atoms with van der Waals surface area (Å²) in [7, 11) is 6.13. The summed E-state index contributed by atoms with van der Waals surface area (Å²) in [6.45, 7) is 1.12. The molecule has 0 unspecified atom stereocenters. The molecule has 0 bridgehead atoms. The number of amides is 2. The average Bonchev–Trinajstić information content (AvgIpc) is 3.11. The van der Waals surface area contributed by atoms with E-state index in [1.54, 1.807) is 22.2 Å². The number of urea groups is 1. The highest BCUT2D eigenvalue weighted by Crippen LogP contribution is 2.46. The van der Waals surface area contributed by atoms with Gasteiger partial charge in [0.05, 0.1) is 36.8 Å². The van der Waals surface area contributed by atoms with E-state index in [0.29, 0.717) is 24.7 Å². The molecule has 2 fully saturated rings. The van der Waals surface area contributed by atoms with Gasteiger partial charge in [-0.25, -0.2) is 14.8 Å². The van der Waals surface area contributed by atoms with Gasteiger partial charge in [0.15, 0.2) is 0 Å². The number of aliphatic hydroxyl groups excluding tert-OH is 1. The molecular weight excluding hydrogens is 392 g/mol. The minimum absolute atomic E-state index is 0.00723. The van der Waals surface area contributed by atoms with Crippen LogP contribution in [-0.2, 0) is 5.54 Å². The van der Waals surface area contributed by atoms with Crippen LogP contribution in [0.15, 0.2) is 42.7 Å². The van der Waals surface area contributed by atoms with Gasteiger partial charge in [0.25, 0.3) is 0 Å². The van der Waals surface area contributed by atoms with Crippen LogP contribution in [0.4, 0.5) is 16.4 Å². The van der Waals surface area contributed by atoms with Crippen molar-refractivity contribution in [2.24, 2.45) is 0 Å². The van der Waals surface area contributed by atoms with Crippen molar-refractivity contribution in [2.45, 2.75) is 36.8 Å². The van der Waals surface area contributed by atoms with Crippen LogP contribution in [0.2, 0.25) is 0 Å². The van der Waals surface area contributed by atoms with Crippen molar-refractivity contribution in [1.29, 1.82) is 0 Å². The third kappa shape index (κ3) is 3.97. The molecule has 8 nitrogen and oxygen atoms in total. The van der Waals surface area contributed by atoms with Crippen LogP contribution < -0.4 is 15.1 Å². The highest BCUT2D eigenvalue weighted by molar-refractivity contribution is 5.95. The minimum atomic E-state index is -0.224. The zero-order valence-electron chi connectivity index (χ0n) is 18.6. The summed E-state index contributed by atoms with van der Waals surface area (Å²) in [5.41, 5.74) is 1.81. The van der Waals surface area contributed by atoms with E-state index in [0.717, 1.165) is 25.7 Å². The molecular formula is C23H32N6O2. The second-order valence-corrected chi connectivity index (χ2v) is 8.98. The number of carbonyl (C=O) groups is 1. The Morgan fingerprint density at radius 1 is 1.06 bits per heavy atom. The van der Waals surface area contributed by atoms with E-state index in [9.17, 15) is 4.79 Å². The summed E-state index contributed by atoms with van der Waals surface area (Å²) in [6.07, 6.45) is 7.18. The quantitative estimate of drug-likeness (QED) is 0.740. The number of aliphatic hydroxyl groups is 1. The molecule has 0 radical (unpaired) electrons. The van der Waals surface area contributed by atoms with Crippen LogP contribution in [0.1, 0.15) is 31.2 Å². The maximum atomic E-state index is 12.8. The molecule has 1 spiro atoms. The van der Waals surface area contributed by atoms with Crippen molar-refractivity contribution < 1.29 is 9.90 Å².